The molecule has 1 N–H and O–H groups in total. The molecule has 0 saturated carbocycles. The summed E-state index contributed by atoms with van der Waals surface area (Å²) in [4.78, 5) is 9.04. The Morgan fingerprint density at radius 3 is 2.63 bits per heavy atom. The standard InChI is InChI=1S/C18H26N6O3/c1-19-16-15(25-2)11-13(12-20-16)17-21-22-18(27-17)24-5-3-14(4-6-24)23-7-9-26-10-8-23/h11-12,14H,3-10H2,1-2H3,(H,19,20). The molecular formula is C18H26N6O3. The number of hydrogen-bond donors (Lipinski definition) is 1. The maximum atomic E-state index is 5.92. The van der Waals surface area contributed by atoms with Gasteiger partial charge in [-0.3, -0.25) is 4.90 Å². The molecule has 9 heteroatoms. The van der Waals surface area contributed by atoms with Crippen LogP contribution in [0.5, 0.6) is 5.75 Å². The third-order valence-corrected chi connectivity index (χ3v) is 5.27. The van der Waals surface area contributed by atoms with Crippen molar-refractivity contribution in [2.45, 2.75) is 18.9 Å². The van der Waals surface area contributed by atoms with Gasteiger partial charge in [0.2, 0.25) is 0 Å². The predicted molar refractivity (Wildman–Crippen MR) is 101 cm³/mol. The maximum Gasteiger partial charge on any atom is 0.318 e. The molecule has 0 atom stereocenters. The second kappa shape index (κ2) is 8.10. The highest BCUT2D eigenvalue weighted by Gasteiger charge is 2.28. The summed E-state index contributed by atoms with van der Waals surface area (Å²) in [5.41, 5.74) is 0.743. The highest BCUT2D eigenvalue weighted by molar-refractivity contribution is 5.61. The van der Waals surface area contributed by atoms with Crippen molar-refractivity contribution >= 4 is 11.8 Å². The van der Waals surface area contributed by atoms with Gasteiger partial charge in [-0.25, -0.2) is 4.98 Å². The van der Waals surface area contributed by atoms with Crippen LogP contribution in [0.3, 0.4) is 0 Å². The summed E-state index contributed by atoms with van der Waals surface area (Å²) in [5, 5.41) is 11.4. The lowest BCUT2D eigenvalue weighted by molar-refractivity contribution is 0.0113. The van der Waals surface area contributed by atoms with Gasteiger partial charge >= 0.3 is 6.01 Å². The smallest absolute Gasteiger partial charge is 0.318 e. The van der Waals surface area contributed by atoms with Crippen LogP contribution >= 0.6 is 0 Å². The number of aromatic nitrogens is 3. The molecule has 27 heavy (non-hydrogen) atoms. The fourth-order valence-corrected chi connectivity index (χ4v) is 3.73. The molecule has 146 valence electrons. The zero-order chi connectivity index (χ0) is 18.6. The van der Waals surface area contributed by atoms with Gasteiger partial charge in [-0.05, 0) is 18.9 Å². The maximum absolute atomic E-state index is 5.92. The van der Waals surface area contributed by atoms with Crippen molar-refractivity contribution < 1.29 is 13.9 Å². The number of rotatable bonds is 5. The second-order valence-electron chi connectivity index (χ2n) is 6.78. The zero-order valence-electron chi connectivity index (χ0n) is 15.8. The van der Waals surface area contributed by atoms with E-state index < -0.39 is 0 Å². The molecule has 2 aliphatic rings. The summed E-state index contributed by atoms with van der Waals surface area (Å²) >= 11 is 0. The summed E-state index contributed by atoms with van der Waals surface area (Å²) in [6.07, 6.45) is 3.91. The summed E-state index contributed by atoms with van der Waals surface area (Å²) < 4.78 is 16.7. The third-order valence-electron chi connectivity index (χ3n) is 5.27. The lowest BCUT2D eigenvalue weighted by Gasteiger charge is -2.39. The van der Waals surface area contributed by atoms with Crippen molar-refractivity contribution in [3.8, 4) is 17.2 Å². The van der Waals surface area contributed by atoms with E-state index in [1.54, 1.807) is 20.4 Å². The van der Waals surface area contributed by atoms with E-state index in [0.29, 0.717) is 29.5 Å². The van der Waals surface area contributed by atoms with Crippen molar-refractivity contribution in [1.82, 2.24) is 20.1 Å². The number of morpholine rings is 1. The Morgan fingerprint density at radius 1 is 1.15 bits per heavy atom. The lowest BCUT2D eigenvalue weighted by Crippen LogP contribution is -2.49. The van der Waals surface area contributed by atoms with Crippen LogP contribution in [0.1, 0.15) is 12.8 Å². The van der Waals surface area contributed by atoms with E-state index >= 15 is 0 Å². The summed E-state index contributed by atoms with van der Waals surface area (Å²) in [6, 6.07) is 3.04. The van der Waals surface area contributed by atoms with Crippen LogP contribution in [0.15, 0.2) is 16.7 Å². The van der Waals surface area contributed by atoms with E-state index in [1.165, 1.54) is 0 Å². The lowest BCUT2D eigenvalue weighted by atomic mass is 10.0. The predicted octanol–water partition coefficient (Wildman–Crippen LogP) is 1.48. The summed E-state index contributed by atoms with van der Waals surface area (Å²) in [6.45, 7) is 5.60. The number of piperidine rings is 1. The molecule has 0 unspecified atom stereocenters. The van der Waals surface area contributed by atoms with Gasteiger partial charge in [0.05, 0.1) is 25.9 Å². The molecule has 2 fully saturated rings. The Hall–Kier alpha value is -2.39. The fraction of sp³-hybridized carbons (Fsp3) is 0.611. The Labute approximate surface area is 158 Å². The van der Waals surface area contributed by atoms with Gasteiger partial charge in [-0.15, -0.1) is 5.10 Å². The molecule has 0 radical (unpaired) electrons. The van der Waals surface area contributed by atoms with Gasteiger partial charge in [-0.1, -0.05) is 5.10 Å². The number of anilines is 2. The van der Waals surface area contributed by atoms with E-state index in [2.05, 4.69) is 30.3 Å². The summed E-state index contributed by atoms with van der Waals surface area (Å²) in [5.74, 6) is 1.76. The van der Waals surface area contributed by atoms with Crippen LogP contribution in [0, 0.1) is 0 Å². The first-order valence-electron chi connectivity index (χ1n) is 9.41. The van der Waals surface area contributed by atoms with E-state index in [0.717, 1.165) is 57.8 Å². The van der Waals surface area contributed by atoms with Crippen LogP contribution in [0.2, 0.25) is 0 Å². The van der Waals surface area contributed by atoms with Crippen molar-refractivity contribution in [2.75, 3.05) is 63.8 Å². The minimum Gasteiger partial charge on any atom is -0.493 e. The molecule has 0 spiro atoms. The largest absolute Gasteiger partial charge is 0.493 e. The van der Waals surface area contributed by atoms with Crippen LogP contribution in [0.4, 0.5) is 11.8 Å². The van der Waals surface area contributed by atoms with E-state index in [1.807, 2.05) is 6.07 Å². The average Bonchev–Trinajstić information content (AvgIpc) is 3.24. The molecule has 2 aliphatic heterocycles. The van der Waals surface area contributed by atoms with Crippen LogP contribution in [-0.4, -0.2) is 79.7 Å². The molecule has 0 bridgehead atoms. The number of pyridine rings is 1. The molecule has 4 rings (SSSR count). The monoisotopic (exact) mass is 374 g/mol. The van der Waals surface area contributed by atoms with Crippen LogP contribution < -0.4 is 15.0 Å². The molecular weight excluding hydrogens is 348 g/mol. The van der Waals surface area contributed by atoms with Gasteiger partial charge in [0, 0.05) is 45.5 Å². The number of nitrogens with zero attached hydrogens (tertiary/aromatic N) is 5. The molecule has 2 aromatic heterocycles. The Bertz CT molecular complexity index is 753. The van der Waals surface area contributed by atoms with Gasteiger partial charge in [-0.2, -0.15) is 0 Å². The quantitative estimate of drug-likeness (QED) is 0.836. The Morgan fingerprint density at radius 2 is 1.93 bits per heavy atom. The molecule has 4 heterocycles. The highest BCUT2D eigenvalue weighted by Crippen LogP contribution is 2.30. The van der Waals surface area contributed by atoms with E-state index in [9.17, 15) is 0 Å². The van der Waals surface area contributed by atoms with Crippen LogP contribution in [0.25, 0.3) is 11.5 Å². The molecule has 2 aromatic rings. The number of ether oxygens (including phenoxy) is 2. The van der Waals surface area contributed by atoms with Crippen LogP contribution in [-0.2, 0) is 4.74 Å². The van der Waals surface area contributed by atoms with E-state index in [4.69, 9.17) is 13.9 Å². The van der Waals surface area contributed by atoms with Gasteiger partial charge < -0.3 is 24.1 Å². The Balaban J connectivity index is 1.41. The molecule has 0 aromatic carbocycles. The third kappa shape index (κ3) is 3.84. The number of hydrogen-bond acceptors (Lipinski definition) is 9. The molecule has 0 amide bonds. The number of methoxy groups -OCH3 is 1. The molecule has 2 saturated heterocycles. The van der Waals surface area contributed by atoms with Crippen molar-refractivity contribution in [3.05, 3.63) is 12.3 Å². The summed E-state index contributed by atoms with van der Waals surface area (Å²) in [7, 11) is 3.41. The fourth-order valence-electron chi connectivity index (χ4n) is 3.73. The average molecular weight is 374 g/mol. The molecule has 0 aliphatic carbocycles. The first-order valence-corrected chi connectivity index (χ1v) is 9.41. The molecule has 9 nitrogen and oxygen atoms in total. The minimum absolute atomic E-state index is 0.453. The van der Waals surface area contributed by atoms with Crippen molar-refractivity contribution in [3.63, 3.8) is 0 Å². The van der Waals surface area contributed by atoms with Gasteiger partial charge in [0.25, 0.3) is 5.89 Å². The first-order chi connectivity index (χ1) is 13.3. The topological polar surface area (TPSA) is 88.8 Å². The SMILES string of the molecule is CNc1ncc(-c2nnc(N3CCC(N4CCOCC4)CC3)o2)cc1OC. The first kappa shape index (κ1) is 18.0. The second-order valence-corrected chi connectivity index (χ2v) is 6.78. The normalized spacial score (nSPS) is 19.3. The number of nitrogens with one attached hydrogen (secondary N) is 1. The van der Waals surface area contributed by atoms with Gasteiger partial charge in [0.1, 0.15) is 0 Å². The minimum atomic E-state index is 0.453. The van der Waals surface area contributed by atoms with Gasteiger partial charge in [0.15, 0.2) is 11.6 Å². The Kier molecular flexibility index (Phi) is 5.40. The van der Waals surface area contributed by atoms with Crippen molar-refractivity contribution in [1.29, 1.82) is 0 Å². The van der Waals surface area contributed by atoms with Crippen molar-refractivity contribution in [2.24, 2.45) is 0 Å². The van der Waals surface area contributed by atoms with E-state index in [-0.39, 0.29) is 0 Å². The zero-order valence-corrected chi connectivity index (χ0v) is 15.8. The highest BCUT2D eigenvalue weighted by atomic mass is 16.5.